The van der Waals surface area contributed by atoms with E-state index in [9.17, 15) is 4.79 Å². The molecular formula is C17H33NO3. The normalized spacial score (nSPS) is 26.9. The summed E-state index contributed by atoms with van der Waals surface area (Å²) in [5.74, 6) is 0.606. The Morgan fingerprint density at radius 2 is 2.10 bits per heavy atom. The highest BCUT2D eigenvalue weighted by molar-refractivity contribution is 5.80. The van der Waals surface area contributed by atoms with Crippen LogP contribution in [0.3, 0.4) is 0 Å². The van der Waals surface area contributed by atoms with E-state index in [-0.39, 0.29) is 12.1 Å². The fourth-order valence-corrected chi connectivity index (χ4v) is 3.27. The molecule has 4 atom stereocenters. The van der Waals surface area contributed by atoms with Crippen molar-refractivity contribution in [1.29, 1.82) is 0 Å². The molecule has 124 valence electrons. The van der Waals surface area contributed by atoms with Crippen molar-refractivity contribution in [1.82, 2.24) is 5.32 Å². The highest BCUT2D eigenvalue weighted by atomic mass is 16.5. The molecule has 0 heterocycles. The van der Waals surface area contributed by atoms with E-state index in [2.05, 4.69) is 19.2 Å². The number of nitrogens with one attached hydrogen (secondary N) is 1. The average Bonchev–Trinajstić information content (AvgIpc) is 2.47. The summed E-state index contributed by atoms with van der Waals surface area (Å²) in [6.45, 7) is 8.45. The van der Waals surface area contributed by atoms with E-state index >= 15 is 0 Å². The lowest BCUT2D eigenvalue weighted by Crippen LogP contribution is -2.51. The van der Waals surface area contributed by atoms with Gasteiger partial charge in [-0.05, 0) is 46.6 Å². The third-order valence-electron chi connectivity index (χ3n) is 4.71. The van der Waals surface area contributed by atoms with Crippen molar-refractivity contribution in [2.45, 2.75) is 84.0 Å². The lowest BCUT2D eigenvalue weighted by atomic mass is 9.85. The first kappa shape index (κ1) is 18.4. The van der Waals surface area contributed by atoms with E-state index in [0.29, 0.717) is 19.1 Å². The van der Waals surface area contributed by atoms with E-state index in [1.807, 2.05) is 13.8 Å². The molecule has 0 saturated heterocycles. The molecule has 0 aromatic heterocycles. The highest BCUT2D eigenvalue weighted by Gasteiger charge is 2.35. The summed E-state index contributed by atoms with van der Waals surface area (Å²) in [5.41, 5.74) is -0.672. The van der Waals surface area contributed by atoms with Gasteiger partial charge in [0.1, 0.15) is 5.54 Å². The lowest BCUT2D eigenvalue weighted by Gasteiger charge is -2.34. The summed E-state index contributed by atoms with van der Waals surface area (Å²) in [4.78, 5) is 12.1. The van der Waals surface area contributed by atoms with Gasteiger partial charge in [-0.25, -0.2) is 0 Å². The minimum Gasteiger partial charge on any atom is -0.465 e. The molecule has 0 radical (unpaired) electrons. The quantitative estimate of drug-likeness (QED) is 0.699. The predicted octanol–water partition coefficient (Wildman–Crippen LogP) is 3.29. The SMILES string of the molecule is CCOC(=O)C(C)(CC(C)OC1CCCC(CC)C1)NC. The molecule has 1 aliphatic carbocycles. The first-order valence-electron chi connectivity index (χ1n) is 8.46. The van der Waals surface area contributed by atoms with Crippen LogP contribution in [0.5, 0.6) is 0 Å². The zero-order valence-corrected chi connectivity index (χ0v) is 14.4. The van der Waals surface area contributed by atoms with Crippen LogP contribution < -0.4 is 5.32 Å². The number of likely N-dealkylation sites (N-methyl/N-ethyl adjacent to an activating group) is 1. The number of hydrogen-bond donors (Lipinski definition) is 1. The van der Waals surface area contributed by atoms with Crippen LogP contribution in [-0.2, 0) is 14.3 Å². The van der Waals surface area contributed by atoms with Crippen molar-refractivity contribution in [3.05, 3.63) is 0 Å². The molecule has 21 heavy (non-hydrogen) atoms. The summed E-state index contributed by atoms with van der Waals surface area (Å²) in [6, 6.07) is 0. The molecule has 4 unspecified atom stereocenters. The lowest BCUT2D eigenvalue weighted by molar-refractivity contribution is -0.152. The molecular weight excluding hydrogens is 266 g/mol. The van der Waals surface area contributed by atoms with Crippen molar-refractivity contribution < 1.29 is 14.3 Å². The van der Waals surface area contributed by atoms with Crippen molar-refractivity contribution in [2.75, 3.05) is 13.7 Å². The van der Waals surface area contributed by atoms with Crippen molar-refractivity contribution in [3.63, 3.8) is 0 Å². The molecule has 1 saturated carbocycles. The maximum atomic E-state index is 12.1. The van der Waals surface area contributed by atoms with E-state index < -0.39 is 5.54 Å². The fraction of sp³-hybridized carbons (Fsp3) is 0.941. The molecule has 0 amide bonds. The Kier molecular flexibility index (Phi) is 7.67. The zero-order valence-electron chi connectivity index (χ0n) is 14.4. The Hall–Kier alpha value is -0.610. The summed E-state index contributed by atoms with van der Waals surface area (Å²) in [5, 5.41) is 3.10. The molecule has 0 bridgehead atoms. The van der Waals surface area contributed by atoms with Gasteiger partial charge in [0.25, 0.3) is 0 Å². The number of ether oxygens (including phenoxy) is 2. The van der Waals surface area contributed by atoms with E-state index in [4.69, 9.17) is 9.47 Å². The van der Waals surface area contributed by atoms with Gasteiger partial charge in [0.2, 0.25) is 0 Å². The maximum absolute atomic E-state index is 12.1. The molecule has 1 N–H and O–H groups in total. The molecule has 0 spiro atoms. The Bertz CT molecular complexity index is 321. The van der Waals surface area contributed by atoms with Crippen molar-refractivity contribution in [3.8, 4) is 0 Å². The van der Waals surface area contributed by atoms with Crippen LogP contribution in [0.25, 0.3) is 0 Å². The third kappa shape index (κ3) is 5.59. The summed E-state index contributed by atoms with van der Waals surface area (Å²) in [7, 11) is 1.80. The Morgan fingerprint density at radius 1 is 1.38 bits per heavy atom. The van der Waals surface area contributed by atoms with Crippen molar-refractivity contribution >= 4 is 5.97 Å². The van der Waals surface area contributed by atoms with Gasteiger partial charge in [0.15, 0.2) is 0 Å². The first-order valence-corrected chi connectivity index (χ1v) is 8.46. The molecule has 0 aliphatic heterocycles. The van der Waals surface area contributed by atoms with Crippen LogP contribution in [0, 0.1) is 5.92 Å². The van der Waals surface area contributed by atoms with Crippen LogP contribution >= 0.6 is 0 Å². The third-order valence-corrected chi connectivity index (χ3v) is 4.71. The fourth-order valence-electron chi connectivity index (χ4n) is 3.27. The summed E-state index contributed by atoms with van der Waals surface area (Å²) >= 11 is 0. The number of esters is 1. The van der Waals surface area contributed by atoms with Gasteiger partial charge in [-0.15, -0.1) is 0 Å². The highest BCUT2D eigenvalue weighted by Crippen LogP contribution is 2.30. The summed E-state index contributed by atoms with van der Waals surface area (Å²) in [6.07, 6.45) is 7.18. The topological polar surface area (TPSA) is 47.6 Å². The van der Waals surface area contributed by atoms with Crippen LogP contribution in [0.4, 0.5) is 0 Å². The van der Waals surface area contributed by atoms with Crippen LogP contribution in [-0.4, -0.2) is 37.4 Å². The average molecular weight is 299 g/mol. The monoisotopic (exact) mass is 299 g/mol. The molecule has 0 aromatic rings. The number of rotatable bonds is 8. The molecule has 4 nitrogen and oxygen atoms in total. The van der Waals surface area contributed by atoms with Crippen LogP contribution in [0.1, 0.15) is 66.2 Å². The Morgan fingerprint density at radius 3 is 2.67 bits per heavy atom. The van der Waals surface area contributed by atoms with Gasteiger partial charge in [-0.1, -0.05) is 26.2 Å². The second-order valence-corrected chi connectivity index (χ2v) is 6.52. The standard InChI is InChI=1S/C17H33NO3/c1-6-14-9-8-10-15(11-14)21-13(3)12-17(4,18-5)16(19)20-7-2/h13-15,18H,6-12H2,1-5H3. The smallest absolute Gasteiger partial charge is 0.326 e. The maximum Gasteiger partial charge on any atom is 0.326 e. The van der Waals surface area contributed by atoms with E-state index in [1.165, 1.54) is 19.3 Å². The van der Waals surface area contributed by atoms with Gasteiger partial charge in [0, 0.05) is 6.42 Å². The Labute approximate surface area is 130 Å². The van der Waals surface area contributed by atoms with Gasteiger partial charge < -0.3 is 14.8 Å². The second-order valence-electron chi connectivity index (χ2n) is 6.52. The second kappa shape index (κ2) is 8.74. The first-order chi connectivity index (χ1) is 9.95. The van der Waals surface area contributed by atoms with Crippen LogP contribution in [0.2, 0.25) is 0 Å². The van der Waals surface area contributed by atoms with E-state index in [0.717, 1.165) is 18.8 Å². The molecule has 1 fully saturated rings. The number of hydrogen-bond acceptors (Lipinski definition) is 4. The summed E-state index contributed by atoms with van der Waals surface area (Å²) < 4.78 is 11.4. The Balaban J connectivity index is 2.50. The minimum absolute atomic E-state index is 0.0486. The van der Waals surface area contributed by atoms with E-state index in [1.54, 1.807) is 7.05 Å². The van der Waals surface area contributed by atoms with Gasteiger partial charge in [-0.3, -0.25) is 4.79 Å². The molecule has 1 aliphatic rings. The predicted molar refractivity (Wildman–Crippen MR) is 85.3 cm³/mol. The van der Waals surface area contributed by atoms with Crippen LogP contribution in [0.15, 0.2) is 0 Å². The zero-order chi connectivity index (χ0) is 15.9. The minimum atomic E-state index is -0.672. The number of carbonyl (C=O) groups excluding carboxylic acids is 1. The van der Waals surface area contributed by atoms with Gasteiger partial charge in [-0.2, -0.15) is 0 Å². The van der Waals surface area contributed by atoms with Crippen molar-refractivity contribution in [2.24, 2.45) is 5.92 Å². The molecule has 4 heteroatoms. The molecule has 0 aromatic carbocycles. The molecule has 1 rings (SSSR count). The largest absolute Gasteiger partial charge is 0.465 e. The van der Waals surface area contributed by atoms with Gasteiger partial charge >= 0.3 is 5.97 Å². The van der Waals surface area contributed by atoms with Gasteiger partial charge in [0.05, 0.1) is 18.8 Å². The number of carbonyl (C=O) groups is 1.